The van der Waals surface area contributed by atoms with Gasteiger partial charge < -0.3 is 9.47 Å². The molecule has 1 heterocycles. The molecular weight excluding hydrogens is 414 g/mol. The van der Waals surface area contributed by atoms with Crippen LogP contribution in [-0.4, -0.2) is 40.5 Å². The highest BCUT2D eigenvalue weighted by Crippen LogP contribution is 2.21. The van der Waals surface area contributed by atoms with Gasteiger partial charge in [-0.1, -0.05) is 101 Å². The Kier molecular flexibility index (Phi) is 13.4. The van der Waals surface area contributed by atoms with Crippen molar-refractivity contribution in [2.24, 2.45) is 0 Å². The van der Waals surface area contributed by atoms with Gasteiger partial charge in [0, 0.05) is 18.6 Å². The summed E-state index contributed by atoms with van der Waals surface area (Å²) >= 11 is 0. The van der Waals surface area contributed by atoms with Gasteiger partial charge in [0.05, 0.1) is 6.61 Å². The van der Waals surface area contributed by atoms with Gasteiger partial charge in [-0.3, -0.25) is 4.79 Å². The number of benzene rings is 1. The highest BCUT2D eigenvalue weighted by molar-refractivity contribution is 5.82. The predicted molar refractivity (Wildman–Crippen MR) is 134 cm³/mol. The van der Waals surface area contributed by atoms with Crippen LogP contribution < -0.4 is 4.74 Å². The van der Waals surface area contributed by atoms with Gasteiger partial charge in [0.2, 0.25) is 5.91 Å². The van der Waals surface area contributed by atoms with Gasteiger partial charge in [0.15, 0.2) is 5.82 Å². The molecule has 0 aliphatic carbocycles. The normalized spacial score (nSPS) is 11.1. The van der Waals surface area contributed by atoms with E-state index in [-0.39, 0.29) is 11.9 Å². The van der Waals surface area contributed by atoms with Crippen molar-refractivity contribution in [3.8, 4) is 17.4 Å². The van der Waals surface area contributed by atoms with Crippen LogP contribution in [0.4, 0.5) is 0 Å². The average molecular weight is 458 g/mol. The van der Waals surface area contributed by atoms with E-state index < -0.39 is 0 Å². The first kappa shape index (κ1) is 27.0. The highest BCUT2D eigenvalue weighted by atomic mass is 16.5. The number of aryl methyl sites for hydroxylation is 1. The summed E-state index contributed by atoms with van der Waals surface area (Å²) in [5.74, 6) is 0.503. The first-order valence-electron chi connectivity index (χ1n) is 12.9. The van der Waals surface area contributed by atoms with Gasteiger partial charge in [-0.2, -0.15) is 9.67 Å². The smallest absolute Gasteiger partial charge is 0.336 e. The molecule has 33 heavy (non-hydrogen) atoms. The van der Waals surface area contributed by atoms with Crippen molar-refractivity contribution in [3.05, 3.63) is 29.8 Å². The van der Waals surface area contributed by atoms with E-state index >= 15 is 0 Å². The van der Waals surface area contributed by atoms with Gasteiger partial charge in [0.1, 0.15) is 6.61 Å². The Hall–Kier alpha value is -2.21. The van der Waals surface area contributed by atoms with Gasteiger partial charge >= 0.3 is 6.01 Å². The van der Waals surface area contributed by atoms with Crippen LogP contribution in [0.2, 0.25) is 0 Å². The van der Waals surface area contributed by atoms with Crippen LogP contribution in [0.15, 0.2) is 24.3 Å². The maximum Gasteiger partial charge on any atom is 0.336 e. The molecule has 2 aromatic rings. The quantitative estimate of drug-likeness (QED) is 0.225. The molecule has 0 radical (unpaired) electrons. The predicted octanol–water partition coefficient (Wildman–Crippen LogP) is 7.01. The molecule has 0 amide bonds. The van der Waals surface area contributed by atoms with E-state index in [1.165, 1.54) is 62.5 Å². The van der Waals surface area contributed by atoms with Crippen molar-refractivity contribution in [2.75, 3.05) is 19.8 Å². The summed E-state index contributed by atoms with van der Waals surface area (Å²) in [4.78, 5) is 17.4. The van der Waals surface area contributed by atoms with Crippen LogP contribution in [0.5, 0.6) is 6.01 Å². The zero-order chi connectivity index (χ0) is 23.7. The number of carbonyl (C=O) groups is 1. The molecule has 0 N–H and O–H groups in total. The third kappa shape index (κ3) is 10.5. The summed E-state index contributed by atoms with van der Waals surface area (Å²) in [7, 11) is 0. The molecule has 0 aliphatic heterocycles. The van der Waals surface area contributed by atoms with Crippen LogP contribution in [-0.2, 0) is 4.74 Å². The molecule has 1 aromatic heterocycles. The SMILES string of the molecule is CCCCCCCCCCCCCC(=O)n1nc(OCCOCC)nc1-c1ccc(C)cc1. The number of aromatic nitrogens is 3. The molecule has 0 aliphatic rings. The average Bonchev–Trinajstić information content (AvgIpc) is 3.25. The third-order valence-corrected chi connectivity index (χ3v) is 5.79. The van der Waals surface area contributed by atoms with Crippen molar-refractivity contribution in [1.82, 2.24) is 14.8 Å². The Bertz CT molecular complexity index is 786. The number of rotatable bonds is 18. The van der Waals surface area contributed by atoms with E-state index in [1.807, 2.05) is 38.1 Å². The van der Waals surface area contributed by atoms with Crippen molar-refractivity contribution in [1.29, 1.82) is 0 Å². The summed E-state index contributed by atoms with van der Waals surface area (Å²) in [6.07, 6.45) is 14.3. The molecule has 0 fully saturated rings. The van der Waals surface area contributed by atoms with Crippen molar-refractivity contribution in [2.45, 2.75) is 97.8 Å². The second-order valence-electron chi connectivity index (χ2n) is 8.72. The Morgan fingerprint density at radius 2 is 1.45 bits per heavy atom. The van der Waals surface area contributed by atoms with Gasteiger partial charge in [-0.05, 0) is 20.3 Å². The molecule has 0 spiro atoms. The molecule has 6 heteroatoms. The van der Waals surface area contributed by atoms with E-state index in [1.54, 1.807) is 0 Å². The zero-order valence-corrected chi connectivity index (χ0v) is 21.0. The monoisotopic (exact) mass is 457 g/mol. The van der Waals surface area contributed by atoms with Crippen molar-refractivity contribution in [3.63, 3.8) is 0 Å². The van der Waals surface area contributed by atoms with E-state index in [0.29, 0.717) is 32.1 Å². The second kappa shape index (κ2) is 16.4. The summed E-state index contributed by atoms with van der Waals surface area (Å²) in [6.45, 7) is 7.70. The summed E-state index contributed by atoms with van der Waals surface area (Å²) in [5, 5.41) is 4.35. The lowest BCUT2D eigenvalue weighted by Crippen LogP contribution is -2.14. The van der Waals surface area contributed by atoms with Crippen molar-refractivity contribution >= 4 is 5.91 Å². The maximum absolute atomic E-state index is 12.9. The molecule has 0 bridgehead atoms. The largest absolute Gasteiger partial charge is 0.460 e. The summed E-state index contributed by atoms with van der Waals surface area (Å²) in [6, 6.07) is 8.18. The Morgan fingerprint density at radius 3 is 2.06 bits per heavy atom. The highest BCUT2D eigenvalue weighted by Gasteiger charge is 2.18. The fourth-order valence-corrected chi connectivity index (χ4v) is 3.80. The molecule has 0 unspecified atom stereocenters. The first-order valence-corrected chi connectivity index (χ1v) is 12.9. The van der Waals surface area contributed by atoms with Crippen LogP contribution in [0.3, 0.4) is 0 Å². The first-order chi connectivity index (χ1) is 16.2. The van der Waals surface area contributed by atoms with Crippen LogP contribution in [0, 0.1) is 6.92 Å². The summed E-state index contributed by atoms with van der Waals surface area (Å²) in [5.41, 5.74) is 2.02. The molecule has 0 saturated carbocycles. The minimum Gasteiger partial charge on any atom is -0.460 e. The standard InChI is InChI=1S/C27H43N3O3/c1-4-6-7-8-9-10-11-12-13-14-15-16-25(31)30-26(24-19-17-23(3)18-20-24)28-27(29-30)33-22-21-32-5-2/h17-20H,4-16,21-22H2,1-3H3. The van der Waals surface area contributed by atoms with E-state index in [0.717, 1.165) is 24.0 Å². The molecule has 184 valence electrons. The third-order valence-electron chi connectivity index (χ3n) is 5.79. The molecule has 1 aromatic carbocycles. The molecule has 2 rings (SSSR count). The van der Waals surface area contributed by atoms with E-state index in [2.05, 4.69) is 17.0 Å². The van der Waals surface area contributed by atoms with E-state index in [4.69, 9.17) is 9.47 Å². The number of hydrogen-bond donors (Lipinski definition) is 0. The molecule has 6 nitrogen and oxygen atoms in total. The fourth-order valence-electron chi connectivity index (χ4n) is 3.80. The van der Waals surface area contributed by atoms with Crippen molar-refractivity contribution < 1.29 is 14.3 Å². The Labute approximate surface area is 200 Å². The lowest BCUT2D eigenvalue weighted by molar-refractivity contribution is 0.0878. The van der Waals surface area contributed by atoms with Crippen LogP contribution >= 0.6 is 0 Å². The molecule has 0 saturated heterocycles. The second-order valence-corrected chi connectivity index (χ2v) is 8.72. The lowest BCUT2D eigenvalue weighted by atomic mass is 10.1. The Morgan fingerprint density at radius 1 is 0.848 bits per heavy atom. The number of unbranched alkanes of at least 4 members (excludes halogenated alkanes) is 10. The van der Waals surface area contributed by atoms with E-state index in [9.17, 15) is 4.79 Å². The minimum atomic E-state index is -0.0337. The van der Waals surface area contributed by atoms with Crippen LogP contribution in [0.25, 0.3) is 11.4 Å². The number of ether oxygens (including phenoxy) is 2. The number of hydrogen-bond acceptors (Lipinski definition) is 5. The molecular formula is C27H43N3O3. The lowest BCUT2D eigenvalue weighted by Gasteiger charge is -2.05. The molecule has 0 atom stereocenters. The maximum atomic E-state index is 12.9. The fraction of sp³-hybridized carbons (Fsp3) is 0.667. The van der Waals surface area contributed by atoms with Gasteiger partial charge in [-0.25, -0.2) is 0 Å². The Balaban J connectivity index is 1.80. The summed E-state index contributed by atoms with van der Waals surface area (Å²) < 4.78 is 12.3. The van der Waals surface area contributed by atoms with Gasteiger partial charge in [-0.15, -0.1) is 5.10 Å². The topological polar surface area (TPSA) is 66.2 Å². The van der Waals surface area contributed by atoms with Crippen LogP contribution in [0.1, 0.15) is 101 Å². The van der Waals surface area contributed by atoms with Gasteiger partial charge in [0.25, 0.3) is 0 Å². The minimum absolute atomic E-state index is 0.0337. The number of carbonyl (C=O) groups excluding carboxylic acids is 1. The number of nitrogens with zero attached hydrogens (tertiary/aromatic N) is 3. The zero-order valence-electron chi connectivity index (χ0n) is 21.0.